The highest BCUT2D eigenvalue weighted by Crippen LogP contribution is 2.49. The van der Waals surface area contributed by atoms with Crippen LogP contribution < -0.4 is 0 Å². The Kier molecular flexibility index (Phi) is 2.58. The predicted octanol–water partition coefficient (Wildman–Crippen LogP) is 4.57. The van der Waals surface area contributed by atoms with Crippen molar-refractivity contribution < 1.29 is 0 Å². The Morgan fingerprint density at radius 1 is 1.06 bits per heavy atom. The van der Waals surface area contributed by atoms with E-state index in [1.54, 1.807) is 0 Å². The third-order valence-corrected chi connectivity index (χ3v) is 4.95. The van der Waals surface area contributed by atoms with Gasteiger partial charge in [-0.2, -0.15) is 10.2 Å². The van der Waals surface area contributed by atoms with E-state index >= 15 is 0 Å². The molecule has 0 radical (unpaired) electrons. The molecule has 82 valence electrons. The highest BCUT2D eigenvalue weighted by atomic mass is 127. The standard InChI is InChI=1S/C13H13IN2/c14-12-11(10-6-2-1-3-7-10)15-16-13(12)8-4-5-9-13/h1-3,6-7H,4-5,8-9H2. The molecule has 3 rings (SSSR count). The molecule has 1 fully saturated rings. The first kappa shape index (κ1) is 10.4. The van der Waals surface area contributed by atoms with Crippen molar-refractivity contribution in [1.29, 1.82) is 0 Å². The largest absolute Gasteiger partial charge is 0.176 e. The lowest BCUT2D eigenvalue weighted by Crippen LogP contribution is -2.19. The van der Waals surface area contributed by atoms with Crippen LogP contribution in [0, 0.1) is 0 Å². The molecule has 1 heterocycles. The molecule has 0 aromatic heterocycles. The number of azo groups is 1. The molecule has 2 aliphatic rings. The second-order valence-corrected chi connectivity index (χ2v) is 5.55. The lowest BCUT2D eigenvalue weighted by molar-refractivity contribution is 0.541. The van der Waals surface area contributed by atoms with Crippen LogP contribution in [-0.2, 0) is 0 Å². The van der Waals surface area contributed by atoms with Gasteiger partial charge < -0.3 is 0 Å². The Labute approximate surface area is 109 Å². The SMILES string of the molecule is IC1=C(c2ccccc2)N=NC12CCCC2. The van der Waals surface area contributed by atoms with Crippen LogP contribution in [-0.4, -0.2) is 5.54 Å². The molecule has 1 aliphatic heterocycles. The molecule has 0 saturated heterocycles. The van der Waals surface area contributed by atoms with Crippen molar-refractivity contribution >= 4 is 28.3 Å². The zero-order valence-corrected chi connectivity index (χ0v) is 11.1. The van der Waals surface area contributed by atoms with E-state index in [0.29, 0.717) is 0 Å². The molecule has 3 heteroatoms. The summed E-state index contributed by atoms with van der Waals surface area (Å²) in [7, 11) is 0. The van der Waals surface area contributed by atoms with Crippen molar-refractivity contribution in [1.82, 2.24) is 0 Å². The molecular formula is C13H13IN2. The minimum absolute atomic E-state index is 0.0474. The van der Waals surface area contributed by atoms with Gasteiger partial charge in [-0.15, -0.1) is 0 Å². The quantitative estimate of drug-likeness (QED) is 0.676. The fourth-order valence-electron chi connectivity index (χ4n) is 2.51. The molecule has 0 N–H and O–H groups in total. The second kappa shape index (κ2) is 3.95. The van der Waals surface area contributed by atoms with Gasteiger partial charge in [-0.1, -0.05) is 43.2 Å². The third kappa shape index (κ3) is 1.52. The molecule has 2 nitrogen and oxygen atoms in total. The molecule has 1 spiro atoms. The van der Waals surface area contributed by atoms with Crippen LogP contribution in [0.15, 0.2) is 44.1 Å². The lowest BCUT2D eigenvalue weighted by Gasteiger charge is -2.17. The maximum atomic E-state index is 4.55. The first-order valence-corrected chi connectivity index (χ1v) is 6.78. The molecule has 1 saturated carbocycles. The fourth-order valence-corrected chi connectivity index (χ4v) is 3.58. The zero-order chi connectivity index (χ0) is 11.0. The smallest absolute Gasteiger partial charge is 0.115 e. The molecular weight excluding hydrogens is 311 g/mol. The van der Waals surface area contributed by atoms with Crippen molar-refractivity contribution in [2.75, 3.05) is 0 Å². The molecule has 1 aliphatic carbocycles. The summed E-state index contributed by atoms with van der Waals surface area (Å²) in [6.07, 6.45) is 4.91. The maximum Gasteiger partial charge on any atom is 0.115 e. The summed E-state index contributed by atoms with van der Waals surface area (Å²) in [6.45, 7) is 0. The average Bonchev–Trinajstić information content (AvgIpc) is 2.91. The molecule has 1 aromatic rings. The topological polar surface area (TPSA) is 24.7 Å². The Morgan fingerprint density at radius 3 is 2.44 bits per heavy atom. The second-order valence-electron chi connectivity index (χ2n) is 4.47. The number of rotatable bonds is 1. The Bertz CT molecular complexity index is 456. The lowest BCUT2D eigenvalue weighted by atomic mass is 9.97. The average molecular weight is 324 g/mol. The Balaban J connectivity index is 2.04. The van der Waals surface area contributed by atoms with Gasteiger partial charge in [-0.3, -0.25) is 0 Å². The van der Waals surface area contributed by atoms with E-state index in [1.165, 1.54) is 34.8 Å². The van der Waals surface area contributed by atoms with Crippen LogP contribution in [0.3, 0.4) is 0 Å². The first-order valence-electron chi connectivity index (χ1n) is 5.70. The van der Waals surface area contributed by atoms with Gasteiger partial charge in [0.15, 0.2) is 0 Å². The van der Waals surface area contributed by atoms with E-state index in [-0.39, 0.29) is 5.54 Å². The van der Waals surface area contributed by atoms with Crippen molar-refractivity contribution in [2.24, 2.45) is 10.2 Å². The van der Waals surface area contributed by atoms with Crippen LogP contribution in [0.4, 0.5) is 0 Å². The van der Waals surface area contributed by atoms with Crippen molar-refractivity contribution in [3.8, 4) is 0 Å². The number of benzene rings is 1. The third-order valence-electron chi connectivity index (χ3n) is 3.44. The van der Waals surface area contributed by atoms with Crippen LogP contribution in [0.1, 0.15) is 31.2 Å². The number of hydrogen-bond donors (Lipinski definition) is 0. The van der Waals surface area contributed by atoms with Gasteiger partial charge in [0.25, 0.3) is 0 Å². The van der Waals surface area contributed by atoms with Crippen molar-refractivity contribution in [3.63, 3.8) is 0 Å². The monoisotopic (exact) mass is 324 g/mol. The van der Waals surface area contributed by atoms with E-state index in [0.717, 1.165) is 5.70 Å². The minimum Gasteiger partial charge on any atom is -0.176 e. The van der Waals surface area contributed by atoms with Gasteiger partial charge in [-0.05, 0) is 35.4 Å². The van der Waals surface area contributed by atoms with Gasteiger partial charge in [0.1, 0.15) is 11.2 Å². The van der Waals surface area contributed by atoms with E-state index in [9.17, 15) is 0 Å². The summed E-state index contributed by atoms with van der Waals surface area (Å²) >= 11 is 2.44. The van der Waals surface area contributed by atoms with Gasteiger partial charge in [-0.25, -0.2) is 0 Å². The molecule has 0 amide bonds. The number of hydrogen-bond acceptors (Lipinski definition) is 2. The van der Waals surface area contributed by atoms with Crippen LogP contribution in [0.25, 0.3) is 5.70 Å². The summed E-state index contributed by atoms with van der Waals surface area (Å²) in [4.78, 5) is 0. The molecule has 1 aromatic carbocycles. The normalized spacial score (nSPS) is 22.3. The van der Waals surface area contributed by atoms with Gasteiger partial charge in [0, 0.05) is 9.14 Å². The van der Waals surface area contributed by atoms with E-state index < -0.39 is 0 Å². The van der Waals surface area contributed by atoms with Crippen molar-refractivity contribution in [2.45, 2.75) is 31.2 Å². The van der Waals surface area contributed by atoms with E-state index in [2.05, 4.69) is 57.1 Å². The van der Waals surface area contributed by atoms with E-state index in [4.69, 9.17) is 0 Å². The van der Waals surface area contributed by atoms with Gasteiger partial charge >= 0.3 is 0 Å². The Morgan fingerprint density at radius 2 is 1.75 bits per heavy atom. The van der Waals surface area contributed by atoms with Crippen LogP contribution in [0.5, 0.6) is 0 Å². The van der Waals surface area contributed by atoms with Gasteiger partial charge in [0.05, 0.1) is 0 Å². The zero-order valence-electron chi connectivity index (χ0n) is 8.99. The highest BCUT2D eigenvalue weighted by molar-refractivity contribution is 14.1. The van der Waals surface area contributed by atoms with Gasteiger partial charge in [0.2, 0.25) is 0 Å². The molecule has 0 bridgehead atoms. The minimum atomic E-state index is 0.0474. The highest BCUT2D eigenvalue weighted by Gasteiger charge is 2.41. The molecule has 16 heavy (non-hydrogen) atoms. The first-order chi connectivity index (χ1) is 7.82. The number of nitrogens with zero attached hydrogens (tertiary/aromatic N) is 2. The summed E-state index contributed by atoms with van der Waals surface area (Å²) in [6, 6.07) is 10.4. The predicted molar refractivity (Wildman–Crippen MR) is 73.4 cm³/mol. The summed E-state index contributed by atoms with van der Waals surface area (Å²) in [5, 5.41) is 8.97. The van der Waals surface area contributed by atoms with E-state index in [1.807, 2.05) is 6.07 Å². The maximum absolute atomic E-state index is 4.55. The Hall–Kier alpha value is -0.710. The number of halogens is 1. The van der Waals surface area contributed by atoms with Crippen LogP contribution >= 0.6 is 22.6 Å². The van der Waals surface area contributed by atoms with Crippen LogP contribution in [0.2, 0.25) is 0 Å². The summed E-state index contributed by atoms with van der Waals surface area (Å²) in [5.74, 6) is 0. The molecule has 0 atom stereocenters. The summed E-state index contributed by atoms with van der Waals surface area (Å²) < 4.78 is 1.34. The molecule has 0 unspecified atom stereocenters. The van der Waals surface area contributed by atoms with Crippen molar-refractivity contribution in [3.05, 3.63) is 39.5 Å². The fraction of sp³-hybridized carbons (Fsp3) is 0.385. The summed E-state index contributed by atoms with van der Waals surface area (Å²) in [5.41, 5.74) is 2.33.